The van der Waals surface area contributed by atoms with Crippen molar-refractivity contribution in [3.63, 3.8) is 0 Å². The molecular formula is C16H16N2O2S. The number of ether oxygens (including phenoxy) is 1. The second kappa shape index (κ2) is 6.85. The van der Waals surface area contributed by atoms with Gasteiger partial charge in [0, 0.05) is 17.3 Å². The molecule has 0 saturated carbocycles. The van der Waals surface area contributed by atoms with E-state index in [4.69, 9.17) is 22.7 Å². The summed E-state index contributed by atoms with van der Waals surface area (Å²) in [6, 6.07) is 14.6. The fourth-order valence-electron chi connectivity index (χ4n) is 1.88. The molecule has 0 fully saturated rings. The van der Waals surface area contributed by atoms with E-state index in [0.29, 0.717) is 16.4 Å². The molecule has 2 rings (SSSR count). The van der Waals surface area contributed by atoms with E-state index in [-0.39, 0.29) is 12.3 Å². The average molecular weight is 300 g/mol. The minimum Gasteiger partial charge on any atom is -0.497 e. The van der Waals surface area contributed by atoms with Crippen molar-refractivity contribution in [1.82, 2.24) is 0 Å². The predicted octanol–water partition coefficient (Wildman–Crippen LogP) is 2.51. The van der Waals surface area contributed by atoms with Crippen molar-refractivity contribution >= 4 is 28.8 Å². The smallest absolute Gasteiger partial charge is 0.228 e. The number of hydrogen-bond donors (Lipinski definition) is 2. The number of anilines is 1. The van der Waals surface area contributed by atoms with Gasteiger partial charge in [0.05, 0.1) is 13.5 Å². The van der Waals surface area contributed by atoms with Crippen molar-refractivity contribution in [2.24, 2.45) is 5.73 Å². The van der Waals surface area contributed by atoms with Gasteiger partial charge in [-0.2, -0.15) is 0 Å². The molecule has 0 spiro atoms. The van der Waals surface area contributed by atoms with Crippen LogP contribution in [0.3, 0.4) is 0 Å². The molecule has 1 amide bonds. The molecule has 0 radical (unpaired) electrons. The van der Waals surface area contributed by atoms with Crippen molar-refractivity contribution in [3.05, 3.63) is 59.7 Å². The van der Waals surface area contributed by atoms with Crippen LogP contribution in [0.5, 0.6) is 5.75 Å². The van der Waals surface area contributed by atoms with E-state index in [2.05, 4.69) is 5.32 Å². The number of nitrogens with two attached hydrogens (primary N) is 1. The molecule has 2 aromatic rings. The topological polar surface area (TPSA) is 64.3 Å². The van der Waals surface area contributed by atoms with Crippen molar-refractivity contribution in [2.75, 3.05) is 12.4 Å². The van der Waals surface area contributed by atoms with Crippen LogP contribution in [0.4, 0.5) is 5.69 Å². The Morgan fingerprint density at radius 2 is 1.95 bits per heavy atom. The fourth-order valence-corrected chi connectivity index (χ4v) is 2.01. The first-order valence-corrected chi connectivity index (χ1v) is 6.82. The number of carbonyl (C=O) groups is 1. The Morgan fingerprint density at radius 1 is 1.24 bits per heavy atom. The highest BCUT2D eigenvalue weighted by Crippen LogP contribution is 2.17. The number of thiocarbonyl (C=S) groups is 1. The van der Waals surface area contributed by atoms with Gasteiger partial charge in [-0.15, -0.1) is 0 Å². The second-order valence-corrected chi connectivity index (χ2v) is 4.96. The number of rotatable bonds is 5. The molecule has 2 aromatic carbocycles. The number of methoxy groups -OCH3 is 1. The van der Waals surface area contributed by atoms with Gasteiger partial charge in [-0.1, -0.05) is 42.5 Å². The molecular weight excluding hydrogens is 284 g/mol. The Balaban J connectivity index is 1.99. The van der Waals surface area contributed by atoms with Gasteiger partial charge in [0.25, 0.3) is 0 Å². The van der Waals surface area contributed by atoms with E-state index in [1.165, 1.54) is 0 Å². The van der Waals surface area contributed by atoms with Crippen LogP contribution in [0.1, 0.15) is 11.1 Å². The SMILES string of the molecule is COc1cccc(NC(=O)Cc2ccc(C(N)=S)cc2)c1. The molecule has 5 heteroatoms. The van der Waals surface area contributed by atoms with Crippen molar-refractivity contribution in [2.45, 2.75) is 6.42 Å². The predicted molar refractivity (Wildman–Crippen MR) is 87.7 cm³/mol. The third kappa shape index (κ3) is 4.29. The molecule has 0 aromatic heterocycles. The first kappa shape index (κ1) is 15.0. The van der Waals surface area contributed by atoms with Gasteiger partial charge < -0.3 is 15.8 Å². The molecule has 0 saturated heterocycles. The van der Waals surface area contributed by atoms with Crippen LogP contribution in [-0.4, -0.2) is 18.0 Å². The quantitative estimate of drug-likeness (QED) is 0.833. The standard InChI is InChI=1S/C16H16N2O2S/c1-20-14-4-2-3-13(10-14)18-15(19)9-11-5-7-12(8-6-11)16(17)21/h2-8,10H,9H2,1H3,(H2,17,21)(H,18,19). The van der Waals surface area contributed by atoms with Crippen LogP contribution in [0, 0.1) is 0 Å². The monoisotopic (exact) mass is 300 g/mol. The molecule has 0 aliphatic heterocycles. The zero-order valence-corrected chi connectivity index (χ0v) is 12.4. The molecule has 0 heterocycles. The van der Waals surface area contributed by atoms with Gasteiger partial charge in [0.15, 0.2) is 0 Å². The lowest BCUT2D eigenvalue weighted by Crippen LogP contribution is -2.14. The Labute approximate surface area is 128 Å². The maximum Gasteiger partial charge on any atom is 0.228 e. The summed E-state index contributed by atoms with van der Waals surface area (Å²) in [6.07, 6.45) is 0.287. The summed E-state index contributed by atoms with van der Waals surface area (Å²) in [5, 5.41) is 2.83. The van der Waals surface area contributed by atoms with Crippen LogP contribution < -0.4 is 15.8 Å². The van der Waals surface area contributed by atoms with E-state index < -0.39 is 0 Å². The summed E-state index contributed by atoms with van der Waals surface area (Å²) in [5.41, 5.74) is 7.93. The fraction of sp³-hybridized carbons (Fsp3) is 0.125. The lowest BCUT2D eigenvalue weighted by Gasteiger charge is -2.07. The minimum absolute atomic E-state index is 0.0914. The number of amides is 1. The molecule has 4 nitrogen and oxygen atoms in total. The third-order valence-corrected chi connectivity index (χ3v) is 3.19. The van der Waals surface area contributed by atoms with Crippen LogP contribution in [0.25, 0.3) is 0 Å². The van der Waals surface area contributed by atoms with E-state index >= 15 is 0 Å². The molecule has 3 N–H and O–H groups in total. The maximum absolute atomic E-state index is 12.0. The van der Waals surface area contributed by atoms with Gasteiger partial charge in [0.2, 0.25) is 5.91 Å². The normalized spacial score (nSPS) is 9.95. The van der Waals surface area contributed by atoms with Crippen LogP contribution >= 0.6 is 12.2 Å². The van der Waals surface area contributed by atoms with Gasteiger partial charge in [-0.3, -0.25) is 4.79 Å². The largest absolute Gasteiger partial charge is 0.497 e. The molecule has 0 unspecified atom stereocenters. The summed E-state index contributed by atoms with van der Waals surface area (Å²) in [7, 11) is 1.59. The summed E-state index contributed by atoms with van der Waals surface area (Å²) in [6.45, 7) is 0. The molecule has 0 aliphatic rings. The first-order chi connectivity index (χ1) is 10.1. The highest BCUT2D eigenvalue weighted by atomic mass is 32.1. The van der Waals surface area contributed by atoms with Gasteiger partial charge >= 0.3 is 0 Å². The van der Waals surface area contributed by atoms with E-state index in [9.17, 15) is 4.79 Å². The van der Waals surface area contributed by atoms with E-state index in [1.807, 2.05) is 42.5 Å². The third-order valence-electron chi connectivity index (χ3n) is 2.96. The highest BCUT2D eigenvalue weighted by Gasteiger charge is 2.05. The molecule has 0 aliphatic carbocycles. The molecule has 21 heavy (non-hydrogen) atoms. The molecule has 108 valence electrons. The zero-order valence-electron chi connectivity index (χ0n) is 11.6. The van der Waals surface area contributed by atoms with Gasteiger partial charge in [-0.05, 0) is 17.7 Å². The minimum atomic E-state index is -0.0914. The van der Waals surface area contributed by atoms with E-state index in [1.54, 1.807) is 13.2 Å². The molecule has 0 bridgehead atoms. The van der Waals surface area contributed by atoms with Crippen molar-refractivity contribution in [1.29, 1.82) is 0 Å². The van der Waals surface area contributed by atoms with Crippen LogP contribution in [-0.2, 0) is 11.2 Å². The average Bonchev–Trinajstić information content (AvgIpc) is 2.47. The van der Waals surface area contributed by atoms with Gasteiger partial charge in [-0.25, -0.2) is 0 Å². The molecule has 0 atom stereocenters. The number of hydrogen-bond acceptors (Lipinski definition) is 3. The Bertz CT molecular complexity index is 654. The lowest BCUT2D eigenvalue weighted by atomic mass is 10.1. The number of benzene rings is 2. The Kier molecular flexibility index (Phi) is 4.90. The van der Waals surface area contributed by atoms with Crippen molar-refractivity contribution < 1.29 is 9.53 Å². The summed E-state index contributed by atoms with van der Waals surface area (Å²) in [4.78, 5) is 12.3. The Hall–Kier alpha value is -2.40. The maximum atomic E-state index is 12.0. The number of carbonyl (C=O) groups excluding carboxylic acids is 1. The summed E-state index contributed by atoms with van der Waals surface area (Å²) < 4.78 is 5.11. The van der Waals surface area contributed by atoms with Crippen LogP contribution in [0.15, 0.2) is 48.5 Å². The Morgan fingerprint density at radius 3 is 2.57 bits per heavy atom. The summed E-state index contributed by atoms with van der Waals surface area (Å²) in [5.74, 6) is 0.611. The second-order valence-electron chi connectivity index (χ2n) is 4.52. The lowest BCUT2D eigenvalue weighted by molar-refractivity contribution is -0.115. The highest BCUT2D eigenvalue weighted by molar-refractivity contribution is 7.80. The van der Waals surface area contributed by atoms with Crippen molar-refractivity contribution in [3.8, 4) is 5.75 Å². The van der Waals surface area contributed by atoms with E-state index in [0.717, 1.165) is 11.1 Å². The number of nitrogens with one attached hydrogen (secondary N) is 1. The van der Waals surface area contributed by atoms with Crippen LogP contribution in [0.2, 0.25) is 0 Å². The zero-order chi connectivity index (χ0) is 15.2. The first-order valence-electron chi connectivity index (χ1n) is 6.41. The van der Waals surface area contributed by atoms with Gasteiger partial charge in [0.1, 0.15) is 10.7 Å². The summed E-state index contributed by atoms with van der Waals surface area (Å²) >= 11 is 4.89.